The Hall–Kier alpha value is -1.51. The molecule has 0 aliphatic heterocycles. The summed E-state index contributed by atoms with van der Waals surface area (Å²) < 4.78 is 0. The Bertz CT molecular complexity index is 345. The van der Waals surface area contributed by atoms with Crippen LogP contribution >= 0.6 is 0 Å². The number of rotatable bonds is 1. The SMILES string of the molecule is CC(=O)Nc1ccc(O)c(C)c1C. The first-order valence-corrected chi connectivity index (χ1v) is 4.09. The van der Waals surface area contributed by atoms with Gasteiger partial charge < -0.3 is 10.4 Å². The van der Waals surface area contributed by atoms with E-state index in [-0.39, 0.29) is 11.7 Å². The van der Waals surface area contributed by atoms with E-state index in [1.54, 1.807) is 12.1 Å². The van der Waals surface area contributed by atoms with Gasteiger partial charge in [0.25, 0.3) is 0 Å². The third-order valence-electron chi connectivity index (χ3n) is 2.07. The third kappa shape index (κ3) is 1.99. The van der Waals surface area contributed by atoms with Gasteiger partial charge in [-0.25, -0.2) is 0 Å². The van der Waals surface area contributed by atoms with Crippen molar-refractivity contribution in [1.82, 2.24) is 0 Å². The topological polar surface area (TPSA) is 49.3 Å². The second-order valence-electron chi connectivity index (χ2n) is 3.06. The van der Waals surface area contributed by atoms with E-state index in [2.05, 4.69) is 5.32 Å². The lowest BCUT2D eigenvalue weighted by Gasteiger charge is -2.09. The van der Waals surface area contributed by atoms with Crippen molar-refractivity contribution in [3.05, 3.63) is 23.3 Å². The van der Waals surface area contributed by atoms with E-state index in [1.165, 1.54) is 6.92 Å². The van der Waals surface area contributed by atoms with E-state index in [0.717, 1.165) is 16.8 Å². The van der Waals surface area contributed by atoms with Gasteiger partial charge in [-0.1, -0.05) is 0 Å². The Morgan fingerprint density at radius 3 is 2.46 bits per heavy atom. The fourth-order valence-electron chi connectivity index (χ4n) is 1.13. The maximum Gasteiger partial charge on any atom is 0.221 e. The molecule has 1 rings (SSSR count). The highest BCUT2D eigenvalue weighted by Gasteiger charge is 2.05. The van der Waals surface area contributed by atoms with Crippen LogP contribution in [0.2, 0.25) is 0 Å². The Balaban J connectivity index is 3.10. The summed E-state index contributed by atoms with van der Waals surface area (Å²) in [6.45, 7) is 5.14. The van der Waals surface area contributed by atoms with Crippen molar-refractivity contribution in [2.45, 2.75) is 20.8 Å². The van der Waals surface area contributed by atoms with Crippen molar-refractivity contribution in [3.8, 4) is 5.75 Å². The molecule has 0 aromatic heterocycles. The van der Waals surface area contributed by atoms with E-state index >= 15 is 0 Å². The fraction of sp³-hybridized carbons (Fsp3) is 0.300. The van der Waals surface area contributed by atoms with Gasteiger partial charge in [-0.2, -0.15) is 0 Å². The molecule has 0 radical (unpaired) electrons. The highest BCUT2D eigenvalue weighted by Crippen LogP contribution is 2.25. The number of nitrogens with one attached hydrogen (secondary N) is 1. The average molecular weight is 179 g/mol. The van der Waals surface area contributed by atoms with Gasteiger partial charge >= 0.3 is 0 Å². The number of phenols is 1. The molecular weight excluding hydrogens is 166 g/mol. The Morgan fingerprint density at radius 1 is 1.31 bits per heavy atom. The largest absolute Gasteiger partial charge is 0.508 e. The molecule has 3 nitrogen and oxygen atoms in total. The van der Waals surface area contributed by atoms with Gasteiger partial charge in [0.15, 0.2) is 0 Å². The van der Waals surface area contributed by atoms with Crippen molar-refractivity contribution in [2.75, 3.05) is 5.32 Å². The standard InChI is InChI=1S/C10H13NO2/c1-6-7(2)10(13)5-4-9(6)11-8(3)12/h4-5,13H,1-3H3,(H,11,12). The zero-order chi connectivity index (χ0) is 10.0. The van der Waals surface area contributed by atoms with Crippen LogP contribution in [0.15, 0.2) is 12.1 Å². The molecule has 3 heteroatoms. The Labute approximate surface area is 77.4 Å². The quantitative estimate of drug-likeness (QED) is 0.647. The summed E-state index contributed by atoms with van der Waals surface area (Å²) in [6.07, 6.45) is 0. The summed E-state index contributed by atoms with van der Waals surface area (Å²) in [5.41, 5.74) is 2.45. The summed E-state index contributed by atoms with van der Waals surface area (Å²) in [6, 6.07) is 3.27. The van der Waals surface area contributed by atoms with Gasteiger partial charge in [0.05, 0.1) is 0 Å². The minimum atomic E-state index is -0.104. The predicted octanol–water partition coefficient (Wildman–Crippen LogP) is 1.97. The molecule has 0 atom stereocenters. The number of carbonyl (C=O) groups excluding carboxylic acids is 1. The van der Waals surface area contributed by atoms with Gasteiger partial charge in [-0.3, -0.25) is 4.79 Å². The van der Waals surface area contributed by atoms with Crippen molar-refractivity contribution >= 4 is 11.6 Å². The van der Waals surface area contributed by atoms with Crippen LogP contribution in [0.4, 0.5) is 5.69 Å². The maximum atomic E-state index is 10.8. The first-order valence-electron chi connectivity index (χ1n) is 4.09. The molecular formula is C10H13NO2. The van der Waals surface area contributed by atoms with Gasteiger partial charge in [0.1, 0.15) is 5.75 Å². The van der Waals surface area contributed by atoms with Crippen molar-refractivity contribution < 1.29 is 9.90 Å². The van der Waals surface area contributed by atoms with Crippen LogP contribution in [-0.4, -0.2) is 11.0 Å². The van der Waals surface area contributed by atoms with Gasteiger partial charge in [0.2, 0.25) is 5.91 Å². The smallest absolute Gasteiger partial charge is 0.221 e. The zero-order valence-corrected chi connectivity index (χ0v) is 8.01. The van der Waals surface area contributed by atoms with Crippen LogP contribution in [0.3, 0.4) is 0 Å². The predicted molar refractivity (Wildman–Crippen MR) is 51.9 cm³/mol. The number of hydrogen-bond acceptors (Lipinski definition) is 2. The van der Waals surface area contributed by atoms with Crippen molar-refractivity contribution in [1.29, 1.82) is 0 Å². The molecule has 70 valence electrons. The van der Waals surface area contributed by atoms with Gasteiger partial charge in [-0.15, -0.1) is 0 Å². The first kappa shape index (κ1) is 9.58. The normalized spacial score (nSPS) is 9.77. The molecule has 1 aromatic carbocycles. The molecule has 0 aliphatic carbocycles. The zero-order valence-electron chi connectivity index (χ0n) is 8.01. The van der Waals surface area contributed by atoms with Crippen LogP contribution in [-0.2, 0) is 4.79 Å². The molecule has 0 fully saturated rings. The molecule has 0 heterocycles. The monoisotopic (exact) mass is 179 g/mol. The van der Waals surface area contributed by atoms with Crippen LogP contribution in [0.5, 0.6) is 5.75 Å². The molecule has 13 heavy (non-hydrogen) atoms. The van der Waals surface area contributed by atoms with Gasteiger partial charge in [0, 0.05) is 12.6 Å². The van der Waals surface area contributed by atoms with E-state index in [1.807, 2.05) is 13.8 Å². The maximum absolute atomic E-state index is 10.8. The lowest BCUT2D eigenvalue weighted by Crippen LogP contribution is -2.07. The summed E-state index contributed by atoms with van der Waals surface area (Å²) in [7, 11) is 0. The summed E-state index contributed by atoms with van der Waals surface area (Å²) in [5, 5.41) is 12.0. The number of aromatic hydroxyl groups is 1. The van der Waals surface area contributed by atoms with Crippen LogP contribution in [0.1, 0.15) is 18.1 Å². The molecule has 2 N–H and O–H groups in total. The van der Waals surface area contributed by atoms with Crippen LogP contribution < -0.4 is 5.32 Å². The number of anilines is 1. The number of benzene rings is 1. The molecule has 1 amide bonds. The molecule has 0 saturated carbocycles. The van der Waals surface area contributed by atoms with E-state index < -0.39 is 0 Å². The summed E-state index contributed by atoms with van der Waals surface area (Å²) >= 11 is 0. The van der Waals surface area contributed by atoms with Crippen molar-refractivity contribution in [3.63, 3.8) is 0 Å². The fourth-order valence-corrected chi connectivity index (χ4v) is 1.13. The number of phenolic OH excluding ortho intramolecular Hbond substituents is 1. The number of amides is 1. The van der Waals surface area contributed by atoms with E-state index in [4.69, 9.17) is 0 Å². The lowest BCUT2D eigenvalue weighted by atomic mass is 10.1. The van der Waals surface area contributed by atoms with Crippen LogP contribution in [0, 0.1) is 13.8 Å². The molecule has 1 aromatic rings. The lowest BCUT2D eigenvalue weighted by molar-refractivity contribution is -0.114. The minimum absolute atomic E-state index is 0.104. The third-order valence-corrected chi connectivity index (χ3v) is 2.07. The highest BCUT2D eigenvalue weighted by atomic mass is 16.3. The summed E-state index contributed by atoms with van der Waals surface area (Å²) in [4.78, 5) is 10.8. The summed E-state index contributed by atoms with van der Waals surface area (Å²) in [5.74, 6) is 0.153. The molecule has 0 aliphatic rings. The minimum Gasteiger partial charge on any atom is -0.508 e. The molecule has 0 saturated heterocycles. The Morgan fingerprint density at radius 2 is 1.92 bits per heavy atom. The highest BCUT2D eigenvalue weighted by molar-refractivity contribution is 5.89. The molecule has 0 bridgehead atoms. The van der Waals surface area contributed by atoms with Crippen LogP contribution in [0.25, 0.3) is 0 Å². The molecule has 0 unspecified atom stereocenters. The van der Waals surface area contributed by atoms with Gasteiger partial charge in [-0.05, 0) is 37.1 Å². The van der Waals surface area contributed by atoms with E-state index in [0.29, 0.717) is 0 Å². The number of hydrogen-bond donors (Lipinski definition) is 2. The molecule has 0 spiro atoms. The Kier molecular flexibility index (Phi) is 2.56. The van der Waals surface area contributed by atoms with E-state index in [9.17, 15) is 9.90 Å². The number of carbonyl (C=O) groups is 1. The second kappa shape index (κ2) is 3.47. The van der Waals surface area contributed by atoms with Crippen molar-refractivity contribution in [2.24, 2.45) is 0 Å². The second-order valence-corrected chi connectivity index (χ2v) is 3.06. The average Bonchev–Trinajstić information content (AvgIpc) is 2.06. The first-order chi connectivity index (χ1) is 6.02.